The molecule has 1 N–H and O–H groups in total. The van der Waals surface area contributed by atoms with Crippen LogP contribution in [0.5, 0.6) is 5.75 Å². The Kier molecular flexibility index (Phi) is 6.42. The van der Waals surface area contributed by atoms with Crippen molar-refractivity contribution in [2.45, 2.75) is 45.3 Å². The lowest BCUT2D eigenvalue weighted by Crippen LogP contribution is -2.46. The molecule has 2 rings (SSSR count). The molecule has 0 aromatic heterocycles. The first-order chi connectivity index (χ1) is 11.7. The maximum absolute atomic E-state index is 12.5. The van der Waals surface area contributed by atoms with Gasteiger partial charge in [0.2, 0.25) is 5.91 Å². The lowest BCUT2D eigenvalue weighted by Gasteiger charge is -2.23. The topological polar surface area (TPSA) is 67.9 Å². The summed E-state index contributed by atoms with van der Waals surface area (Å²) in [5.41, 5.74) is 0.174. The minimum absolute atomic E-state index is 0.0110. The van der Waals surface area contributed by atoms with Gasteiger partial charge in [-0.15, -0.1) is 0 Å². The van der Waals surface area contributed by atoms with Crippen LogP contribution < -0.4 is 10.1 Å². The molecule has 1 aromatic rings. The van der Waals surface area contributed by atoms with Crippen LogP contribution in [0.4, 0.5) is 0 Å². The Hall–Kier alpha value is -2.08. The van der Waals surface area contributed by atoms with Crippen LogP contribution in [0, 0.1) is 0 Å². The summed E-state index contributed by atoms with van der Waals surface area (Å²) in [6, 6.07) is 7.02. The summed E-state index contributed by atoms with van der Waals surface area (Å²) in [6.07, 6.45) is 2.20. The van der Waals surface area contributed by atoms with Crippen molar-refractivity contribution < 1.29 is 19.1 Å². The molecule has 1 heterocycles. The minimum atomic E-state index is -0.322. The molecular formula is C19H28N2O4. The summed E-state index contributed by atoms with van der Waals surface area (Å²) in [5.74, 6) is 0.231. The zero-order valence-corrected chi connectivity index (χ0v) is 15.5. The van der Waals surface area contributed by atoms with Crippen molar-refractivity contribution in [3.8, 4) is 5.75 Å². The molecule has 0 bridgehead atoms. The molecule has 1 aliphatic rings. The van der Waals surface area contributed by atoms with Crippen LogP contribution in [-0.4, -0.2) is 55.2 Å². The third-order valence-electron chi connectivity index (χ3n) is 3.78. The van der Waals surface area contributed by atoms with Gasteiger partial charge in [-0.3, -0.25) is 9.59 Å². The predicted octanol–water partition coefficient (Wildman–Crippen LogP) is 2.23. The number of amides is 2. The number of likely N-dealkylation sites (N-methyl/N-ethyl adjacent to an activating group) is 1. The maximum Gasteiger partial charge on any atom is 0.254 e. The van der Waals surface area contributed by atoms with Crippen molar-refractivity contribution in [1.82, 2.24) is 10.2 Å². The monoisotopic (exact) mass is 348 g/mol. The summed E-state index contributed by atoms with van der Waals surface area (Å²) in [7, 11) is 1.62. The summed E-state index contributed by atoms with van der Waals surface area (Å²) >= 11 is 0. The number of nitrogens with zero attached hydrogens (tertiary/aromatic N) is 1. The second-order valence-electron chi connectivity index (χ2n) is 7.43. The van der Waals surface area contributed by atoms with E-state index < -0.39 is 0 Å². The normalized spacial score (nSPS) is 17.2. The minimum Gasteiger partial charge on any atom is -0.491 e. The van der Waals surface area contributed by atoms with E-state index in [1.807, 2.05) is 26.8 Å². The second-order valence-corrected chi connectivity index (χ2v) is 7.43. The second kappa shape index (κ2) is 8.34. The molecule has 25 heavy (non-hydrogen) atoms. The molecule has 0 saturated carbocycles. The van der Waals surface area contributed by atoms with E-state index in [9.17, 15) is 9.59 Å². The molecule has 138 valence electrons. The van der Waals surface area contributed by atoms with Gasteiger partial charge in [0.1, 0.15) is 12.4 Å². The third kappa shape index (κ3) is 6.38. The van der Waals surface area contributed by atoms with Gasteiger partial charge in [-0.05, 0) is 51.8 Å². The van der Waals surface area contributed by atoms with Crippen LogP contribution >= 0.6 is 0 Å². The van der Waals surface area contributed by atoms with E-state index in [1.54, 1.807) is 25.2 Å². The molecule has 0 unspecified atom stereocenters. The van der Waals surface area contributed by atoms with Gasteiger partial charge in [-0.2, -0.15) is 0 Å². The Labute approximate surface area is 149 Å². The van der Waals surface area contributed by atoms with E-state index in [2.05, 4.69) is 5.32 Å². The standard InChI is InChI=1S/C19H28N2O4/c1-19(2,3)20-17(22)12-21(4)18(23)14-7-5-8-15(11-14)25-13-16-9-6-10-24-16/h5,7-8,11,16H,6,9-10,12-13H2,1-4H3,(H,20,22)/t16-/m0/s1. The van der Waals surface area contributed by atoms with Crippen molar-refractivity contribution in [3.63, 3.8) is 0 Å². The van der Waals surface area contributed by atoms with E-state index in [4.69, 9.17) is 9.47 Å². The van der Waals surface area contributed by atoms with Crippen molar-refractivity contribution >= 4 is 11.8 Å². The highest BCUT2D eigenvalue weighted by molar-refractivity contribution is 5.96. The lowest BCUT2D eigenvalue weighted by molar-refractivity contribution is -0.122. The Morgan fingerprint density at radius 3 is 2.76 bits per heavy atom. The first-order valence-electron chi connectivity index (χ1n) is 8.65. The van der Waals surface area contributed by atoms with Crippen LogP contribution in [0.3, 0.4) is 0 Å². The molecule has 1 aromatic carbocycles. The number of rotatable bonds is 6. The van der Waals surface area contributed by atoms with Crippen LogP contribution in [0.25, 0.3) is 0 Å². The number of hydrogen-bond acceptors (Lipinski definition) is 4. The first kappa shape index (κ1) is 19.2. The summed E-state index contributed by atoms with van der Waals surface area (Å²) in [4.78, 5) is 25.9. The number of ether oxygens (including phenoxy) is 2. The van der Waals surface area contributed by atoms with Gasteiger partial charge in [0.05, 0.1) is 12.6 Å². The van der Waals surface area contributed by atoms with Gasteiger partial charge in [-0.1, -0.05) is 6.07 Å². The summed E-state index contributed by atoms with van der Waals surface area (Å²) in [5, 5.41) is 2.85. The number of nitrogens with one attached hydrogen (secondary N) is 1. The highest BCUT2D eigenvalue weighted by Crippen LogP contribution is 2.18. The first-order valence-corrected chi connectivity index (χ1v) is 8.65. The van der Waals surface area contributed by atoms with Crippen LogP contribution in [0.1, 0.15) is 44.0 Å². The Bertz CT molecular complexity index is 604. The molecule has 6 heteroatoms. The predicted molar refractivity (Wildman–Crippen MR) is 95.8 cm³/mol. The van der Waals surface area contributed by atoms with Crippen molar-refractivity contribution in [1.29, 1.82) is 0 Å². The molecule has 6 nitrogen and oxygen atoms in total. The molecule has 0 spiro atoms. The molecule has 1 fully saturated rings. The summed E-state index contributed by atoms with van der Waals surface area (Å²) < 4.78 is 11.3. The van der Waals surface area contributed by atoms with E-state index in [0.717, 1.165) is 19.4 Å². The summed E-state index contributed by atoms with van der Waals surface area (Å²) in [6.45, 7) is 7.00. The van der Waals surface area contributed by atoms with E-state index in [1.165, 1.54) is 4.90 Å². The van der Waals surface area contributed by atoms with Crippen LogP contribution in [0.2, 0.25) is 0 Å². The Morgan fingerprint density at radius 1 is 1.36 bits per heavy atom. The molecule has 2 amide bonds. The number of hydrogen-bond donors (Lipinski definition) is 1. The average Bonchev–Trinajstić information content (AvgIpc) is 3.04. The van der Waals surface area contributed by atoms with Gasteiger partial charge in [-0.25, -0.2) is 0 Å². The third-order valence-corrected chi connectivity index (χ3v) is 3.78. The van der Waals surface area contributed by atoms with Crippen LogP contribution in [-0.2, 0) is 9.53 Å². The fourth-order valence-corrected chi connectivity index (χ4v) is 2.65. The molecule has 0 aliphatic carbocycles. The quantitative estimate of drug-likeness (QED) is 0.856. The van der Waals surface area contributed by atoms with E-state index in [-0.39, 0.29) is 30.0 Å². The van der Waals surface area contributed by atoms with Gasteiger partial charge < -0.3 is 19.7 Å². The van der Waals surface area contributed by atoms with Crippen molar-refractivity contribution in [3.05, 3.63) is 29.8 Å². The number of benzene rings is 1. The van der Waals surface area contributed by atoms with Crippen LogP contribution in [0.15, 0.2) is 24.3 Å². The molecule has 1 atom stereocenters. The zero-order valence-electron chi connectivity index (χ0n) is 15.5. The van der Waals surface area contributed by atoms with Gasteiger partial charge >= 0.3 is 0 Å². The fraction of sp³-hybridized carbons (Fsp3) is 0.579. The van der Waals surface area contributed by atoms with Gasteiger partial charge in [0.25, 0.3) is 5.91 Å². The smallest absolute Gasteiger partial charge is 0.254 e. The Balaban J connectivity index is 1.91. The van der Waals surface area contributed by atoms with E-state index >= 15 is 0 Å². The SMILES string of the molecule is CN(CC(=O)NC(C)(C)C)C(=O)c1cccc(OC[C@@H]2CCCO2)c1. The molecule has 0 radical (unpaired) electrons. The lowest BCUT2D eigenvalue weighted by atomic mass is 10.1. The fourth-order valence-electron chi connectivity index (χ4n) is 2.65. The highest BCUT2D eigenvalue weighted by Gasteiger charge is 2.20. The molecule has 1 aliphatic heterocycles. The van der Waals surface area contributed by atoms with Gasteiger partial charge in [0.15, 0.2) is 0 Å². The Morgan fingerprint density at radius 2 is 2.12 bits per heavy atom. The largest absolute Gasteiger partial charge is 0.491 e. The van der Waals surface area contributed by atoms with Gasteiger partial charge in [0, 0.05) is 24.8 Å². The zero-order chi connectivity index (χ0) is 18.4. The maximum atomic E-state index is 12.5. The average molecular weight is 348 g/mol. The van der Waals surface area contributed by atoms with Crippen molar-refractivity contribution in [2.24, 2.45) is 0 Å². The van der Waals surface area contributed by atoms with E-state index in [0.29, 0.717) is 17.9 Å². The number of carbonyl (C=O) groups is 2. The number of carbonyl (C=O) groups excluding carboxylic acids is 2. The van der Waals surface area contributed by atoms with Crippen molar-refractivity contribution in [2.75, 3.05) is 26.8 Å². The molecular weight excluding hydrogens is 320 g/mol. The molecule has 1 saturated heterocycles. The highest BCUT2D eigenvalue weighted by atomic mass is 16.5.